The van der Waals surface area contributed by atoms with Crippen molar-refractivity contribution in [3.05, 3.63) is 52.6 Å². The number of aliphatic hydroxyl groups is 1. The second kappa shape index (κ2) is 9.96. The molecule has 2 N–H and O–H groups in total. The summed E-state index contributed by atoms with van der Waals surface area (Å²) in [4.78, 5) is 21.3. The van der Waals surface area contributed by atoms with Crippen molar-refractivity contribution in [2.45, 2.75) is 44.2 Å². The fraction of sp³-hybridized carbons (Fsp3) is 0.458. The zero-order valence-electron chi connectivity index (χ0n) is 19.0. The lowest BCUT2D eigenvalue weighted by molar-refractivity contribution is -0.0771. The smallest absolute Gasteiger partial charge is 0.252 e. The summed E-state index contributed by atoms with van der Waals surface area (Å²) >= 11 is 0. The number of pyridine rings is 3. The maximum atomic E-state index is 12.5. The molecule has 0 radical (unpaired) electrons. The first kappa shape index (κ1) is 22.6. The van der Waals surface area contributed by atoms with Crippen molar-refractivity contribution in [3.8, 4) is 17.4 Å². The van der Waals surface area contributed by atoms with Crippen molar-refractivity contribution in [2.75, 3.05) is 26.9 Å². The second-order valence-electron chi connectivity index (χ2n) is 8.46. The van der Waals surface area contributed by atoms with Gasteiger partial charge >= 0.3 is 0 Å². The van der Waals surface area contributed by atoms with Gasteiger partial charge in [-0.25, -0.2) is 0 Å². The number of rotatable bonds is 7. The normalized spacial score (nSPS) is 20.8. The molecule has 3 aromatic heterocycles. The van der Waals surface area contributed by atoms with E-state index in [0.29, 0.717) is 50.1 Å². The highest BCUT2D eigenvalue weighted by Gasteiger charge is 2.28. The van der Waals surface area contributed by atoms with E-state index >= 15 is 0 Å². The number of ether oxygens (including phenoxy) is 4. The Balaban J connectivity index is 1.17. The molecule has 0 bridgehead atoms. The number of nitrogens with zero attached hydrogens (tertiary/aromatic N) is 3. The largest absolute Gasteiger partial charge is 0.486 e. The molecule has 34 heavy (non-hydrogen) atoms. The van der Waals surface area contributed by atoms with Crippen molar-refractivity contribution >= 4 is 11.0 Å². The Morgan fingerprint density at radius 2 is 2.03 bits per heavy atom. The SMILES string of the molecule is COc1ccc2ccc(=O)n(C[C@H](O)C3CC[C@@H](NCc4cc5c(cn4)OCCO5)CO3)c2n1. The summed E-state index contributed by atoms with van der Waals surface area (Å²) in [6.45, 7) is 2.22. The van der Waals surface area contributed by atoms with Crippen LogP contribution in [0.1, 0.15) is 18.5 Å². The van der Waals surface area contributed by atoms with Gasteiger partial charge in [0.05, 0.1) is 44.4 Å². The molecule has 1 fully saturated rings. The van der Waals surface area contributed by atoms with Crippen molar-refractivity contribution in [3.63, 3.8) is 0 Å². The van der Waals surface area contributed by atoms with E-state index in [2.05, 4.69) is 15.3 Å². The highest BCUT2D eigenvalue weighted by atomic mass is 16.6. The lowest BCUT2D eigenvalue weighted by Crippen LogP contribution is -2.45. The van der Waals surface area contributed by atoms with E-state index in [4.69, 9.17) is 18.9 Å². The third kappa shape index (κ3) is 4.84. The van der Waals surface area contributed by atoms with Crippen molar-refractivity contribution in [2.24, 2.45) is 0 Å². The first-order valence-electron chi connectivity index (χ1n) is 11.4. The number of methoxy groups -OCH3 is 1. The van der Waals surface area contributed by atoms with E-state index < -0.39 is 6.10 Å². The topological polar surface area (TPSA) is 117 Å². The summed E-state index contributed by atoms with van der Waals surface area (Å²) in [6, 6.07) is 8.82. The fourth-order valence-corrected chi connectivity index (χ4v) is 4.31. The fourth-order valence-electron chi connectivity index (χ4n) is 4.31. The summed E-state index contributed by atoms with van der Waals surface area (Å²) < 4.78 is 23.8. The molecule has 10 heteroatoms. The molecule has 0 spiro atoms. The Morgan fingerprint density at radius 1 is 1.21 bits per heavy atom. The van der Waals surface area contributed by atoms with Gasteiger partial charge in [-0.3, -0.25) is 14.3 Å². The molecule has 0 saturated carbocycles. The predicted octanol–water partition coefficient (Wildman–Crippen LogP) is 1.27. The van der Waals surface area contributed by atoms with Crippen LogP contribution < -0.4 is 25.1 Å². The third-order valence-electron chi connectivity index (χ3n) is 6.18. The molecular formula is C24H28N4O6. The summed E-state index contributed by atoms with van der Waals surface area (Å²) in [6.07, 6.45) is 2.00. The van der Waals surface area contributed by atoms with E-state index in [9.17, 15) is 9.90 Å². The van der Waals surface area contributed by atoms with Gasteiger partial charge < -0.3 is 29.4 Å². The van der Waals surface area contributed by atoms with Crippen molar-refractivity contribution in [1.29, 1.82) is 0 Å². The average Bonchev–Trinajstić information content (AvgIpc) is 2.89. The molecule has 0 amide bonds. The quantitative estimate of drug-likeness (QED) is 0.529. The van der Waals surface area contributed by atoms with Crippen molar-refractivity contribution in [1.82, 2.24) is 19.9 Å². The third-order valence-corrected chi connectivity index (χ3v) is 6.18. The average molecular weight is 469 g/mol. The molecule has 2 aliphatic rings. The van der Waals surface area contributed by atoms with Crippen LogP contribution in [0.5, 0.6) is 17.4 Å². The molecule has 3 atom stereocenters. The zero-order chi connectivity index (χ0) is 23.5. The monoisotopic (exact) mass is 468 g/mol. The maximum absolute atomic E-state index is 12.5. The predicted molar refractivity (Wildman–Crippen MR) is 123 cm³/mol. The van der Waals surface area contributed by atoms with Gasteiger partial charge in [-0.05, 0) is 25.0 Å². The van der Waals surface area contributed by atoms with Gasteiger partial charge in [0.25, 0.3) is 5.56 Å². The lowest BCUT2D eigenvalue weighted by atomic mass is 10.0. The molecule has 5 heterocycles. The van der Waals surface area contributed by atoms with Crippen LogP contribution >= 0.6 is 0 Å². The van der Waals surface area contributed by atoms with E-state index in [1.807, 2.05) is 12.1 Å². The number of nitrogens with one attached hydrogen (secondary N) is 1. The van der Waals surface area contributed by atoms with Gasteiger partial charge in [0.1, 0.15) is 18.9 Å². The summed E-state index contributed by atoms with van der Waals surface area (Å²) in [5, 5.41) is 15.1. The van der Waals surface area contributed by atoms with Gasteiger partial charge in [0, 0.05) is 36.2 Å². The molecule has 5 rings (SSSR count). The number of aliphatic hydroxyl groups excluding tert-OH is 1. The number of hydrogen-bond donors (Lipinski definition) is 2. The second-order valence-corrected chi connectivity index (χ2v) is 8.46. The minimum Gasteiger partial charge on any atom is -0.486 e. The maximum Gasteiger partial charge on any atom is 0.252 e. The van der Waals surface area contributed by atoms with E-state index in [-0.39, 0.29) is 24.2 Å². The Kier molecular flexibility index (Phi) is 6.61. The molecule has 2 aliphatic heterocycles. The van der Waals surface area contributed by atoms with Gasteiger partial charge in [-0.15, -0.1) is 0 Å². The molecule has 10 nitrogen and oxygen atoms in total. The Morgan fingerprint density at radius 3 is 2.82 bits per heavy atom. The van der Waals surface area contributed by atoms with Crippen LogP contribution in [0.15, 0.2) is 41.3 Å². The molecule has 1 saturated heterocycles. The lowest BCUT2D eigenvalue weighted by Gasteiger charge is -2.32. The standard InChI is InChI=1S/C24H28N4O6/c1-31-22-6-2-15-3-7-23(30)28(24(15)27-22)13-18(29)19-5-4-16(14-34-19)25-11-17-10-20-21(12-26-17)33-9-8-32-20/h2-3,6-7,10,12,16,18-19,25,29H,4-5,8-9,11,13-14H2,1H3/t16-,18+,19?/m1/s1. The van der Waals surface area contributed by atoms with Crippen LogP contribution in [-0.4, -0.2) is 64.8 Å². The molecule has 1 unspecified atom stereocenters. The molecule has 180 valence electrons. The minimum atomic E-state index is -0.836. The molecule has 0 aromatic carbocycles. The Labute approximate surface area is 196 Å². The van der Waals surface area contributed by atoms with E-state index in [1.165, 1.54) is 17.7 Å². The first-order valence-corrected chi connectivity index (χ1v) is 11.4. The minimum absolute atomic E-state index is 0.0974. The van der Waals surface area contributed by atoms with Gasteiger partial charge in [0.15, 0.2) is 11.5 Å². The summed E-state index contributed by atoms with van der Waals surface area (Å²) in [7, 11) is 1.53. The molecule has 3 aromatic rings. The van der Waals surface area contributed by atoms with Crippen LogP contribution in [0, 0.1) is 0 Å². The first-order chi connectivity index (χ1) is 16.6. The van der Waals surface area contributed by atoms with E-state index in [0.717, 1.165) is 23.3 Å². The Bertz CT molecular complexity index is 1210. The highest BCUT2D eigenvalue weighted by molar-refractivity contribution is 5.75. The number of fused-ring (bicyclic) bond motifs is 2. The van der Waals surface area contributed by atoms with Crippen LogP contribution in [0.4, 0.5) is 0 Å². The molecular weight excluding hydrogens is 440 g/mol. The van der Waals surface area contributed by atoms with Crippen LogP contribution in [0.3, 0.4) is 0 Å². The van der Waals surface area contributed by atoms with Gasteiger partial charge in [-0.1, -0.05) is 0 Å². The van der Waals surface area contributed by atoms with E-state index in [1.54, 1.807) is 18.3 Å². The van der Waals surface area contributed by atoms with Crippen LogP contribution in [0.25, 0.3) is 11.0 Å². The summed E-state index contributed by atoms with van der Waals surface area (Å²) in [5.41, 5.74) is 1.12. The van der Waals surface area contributed by atoms with Gasteiger partial charge in [0.2, 0.25) is 5.88 Å². The van der Waals surface area contributed by atoms with Gasteiger partial charge in [-0.2, -0.15) is 4.98 Å². The zero-order valence-corrected chi connectivity index (χ0v) is 19.0. The van der Waals surface area contributed by atoms with Crippen LogP contribution in [0.2, 0.25) is 0 Å². The molecule has 0 aliphatic carbocycles. The Hall–Kier alpha value is -3.21. The number of hydrogen-bond acceptors (Lipinski definition) is 9. The highest BCUT2D eigenvalue weighted by Crippen LogP contribution is 2.29. The van der Waals surface area contributed by atoms with Crippen molar-refractivity contribution < 1.29 is 24.1 Å². The summed E-state index contributed by atoms with van der Waals surface area (Å²) in [5.74, 6) is 1.81. The number of aromatic nitrogens is 3. The van der Waals surface area contributed by atoms with Crippen LogP contribution in [-0.2, 0) is 17.8 Å².